The van der Waals surface area contributed by atoms with Gasteiger partial charge in [0.25, 0.3) is 0 Å². The monoisotopic (exact) mass is 164 g/mol. The fourth-order valence-electron chi connectivity index (χ4n) is 2.11. The third-order valence-corrected chi connectivity index (χ3v) is 2.75. The average molecular weight is 164 g/mol. The molecule has 1 unspecified atom stereocenters. The van der Waals surface area contributed by atoms with Gasteiger partial charge in [-0.15, -0.1) is 0 Å². The molecule has 0 aliphatic heterocycles. The van der Waals surface area contributed by atoms with Crippen molar-refractivity contribution in [3.63, 3.8) is 0 Å². The van der Waals surface area contributed by atoms with Crippen LogP contribution in [0.15, 0.2) is 23.3 Å². The van der Waals surface area contributed by atoms with Crippen molar-refractivity contribution in [1.29, 1.82) is 0 Å². The summed E-state index contributed by atoms with van der Waals surface area (Å²) < 4.78 is 0. The molecule has 0 aromatic carbocycles. The Bertz CT molecular complexity index is 196. The lowest BCUT2D eigenvalue weighted by Crippen LogP contribution is -1.97. The van der Waals surface area contributed by atoms with E-state index in [0.29, 0.717) is 0 Å². The molecule has 0 saturated heterocycles. The predicted molar refractivity (Wildman–Crippen MR) is 55.1 cm³/mol. The first-order valence-corrected chi connectivity index (χ1v) is 5.23. The van der Waals surface area contributed by atoms with Crippen molar-refractivity contribution in [3.8, 4) is 0 Å². The van der Waals surface area contributed by atoms with Crippen LogP contribution in [0.25, 0.3) is 0 Å². The molecule has 0 saturated carbocycles. The minimum absolute atomic E-state index is 0.773. The van der Waals surface area contributed by atoms with Crippen LogP contribution in [-0.2, 0) is 0 Å². The largest absolute Gasteiger partial charge is 0.0771 e. The Morgan fingerprint density at radius 1 is 1.17 bits per heavy atom. The molecule has 0 spiro atoms. The van der Waals surface area contributed by atoms with Crippen LogP contribution in [0.4, 0.5) is 0 Å². The number of rotatable bonds is 4. The highest BCUT2D eigenvalue weighted by atomic mass is 14.2. The zero-order chi connectivity index (χ0) is 8.97. The highest BCUT2D eigenvalue weighted by Crippen LogP contribution is 2.32. The Hall–Kier alpha value is -0.520. The predicted octanol–water partition coefficient (Wildman–Crippen LogP) is 4.09. The third kappa shape index (κ3) is 1.80. The van der Waals surface area contributed by atoms with Gasteiger partial charge in [-0.1, -0.05) is 44.9 Å². The fraction of sp³-hybridized carbons (Fsp3) is 0.667. The summed E-state index contributed by atoms with van der Waals surface area (Å²) in [6.45, 7) is 6.80. The Morgan fingerprint density at radius 2 is 1.92 bits per heavy atom. The number of allylic oxidation sites excluding steroid dienone is 4. The van der Waals surface area contributed by atoms with Crippen molar-refractivity contribution in [3.05, 3.63) is 23.3 Å². The maximum atomic E-state index is 2.39. The van der Waals surface area contributed by atoms with E-state index >= 15 is 0 Å². The quantitative estimate of drug-likeness (QED) is 0.587. The van der Waals surface area contributed by atoms with E-state index in [9.17, 15) is 0 Å². The van der Waals surface area contributed by atoms with Crippen molar-refractivity contribution < 1.29 is 0 Å². The minimum Gasteiger partial charge on any atom is -0.0771 e. The summed E-state index contributed by atoms with van der Waals surface area (Å²) in [5.41, 5.74) is 3.29. The molecule has 0 aromatic rings. The fourth-order valence-corrected chi connectivity index (χ4v) is 2.11. The molecule has 1 rings (SSSR count). The number of hydrogen-bond acceptors (Lipinski definition) is 0. The van der Waals surface area contributed by atoms with Gasteiger partial charge < -0.3 is 0 Å². The van der Waals surface area contributed by atoms with Crippen LogP contribution in [0.1, 0.15) is 46.5 Å². The summed E-state index contributed by atoms with van der Waals surface area (Å²) in [7, 11) is 0. The lowest BCUT2D eigenvalue weighted by Gasteiger charge is -2.12. The second kappa shape index (κ2) is 4.49. The molecule has 0 radical (unpaired) electrons. The summed E-state index contributed by atoms with van der Waals surface area (Å²) in [6, 6.07) is 0. The van der Waals surface area contributed by atoms with Gasteiger partial charge in [0.2, 0.25) is 0 Å². The second-order valence-corrected chi connectivity index (χ2v) is 3.51. The second-order valence-electron chi connectivity index (χ2n) is 3.51. The third-order valence-electron chi connectivity index (χ3n) is 2.75. The van der Waals surface area contributed by atoms with E-state index in [1.807, 2.05) is 0 Å². The molecule has 68 valence electrons. The highest BCUT2D eigenvalue weighted by Gasteiger charge is 2.16. The molecule has 0 nitrogen and oxygen atoms in total. The van der Waals surface area contributed by atoms with E-state index in [1.54, 1.807) is 11.1 Å². The highest BCUT2D eigenvalue weighted by molar-refractivity contribution is 5.36. The van der Waals surface area contributed by atoms with Crippen LogP contribution in [0.2, 0.25) is 0 Å². The van der Waals surface area contributed by atoms with Crippen LogP contribution in [0.5, 0.6) is 0 Å². The van der Waals surface area contributed by atoms with Crippen molar-refractivity contribution in [2.24, 2.45) is 5.92 Å². The lowest BCUT2D eigenvalue weighted by atomic mass is 9.93. The van der Waals surface area contributed by atoms with E-state index in [2.05, 4.69) is 32.9 Å². The normalized spacial score (nSPS) is 22.4. The van der Waals surface area contributed by atoms with Gasteiger partial charge in [0.05, 0.1) is 0 Å². The van der Waals surface area contributed by atoms with Crippen LogP contribution in [-0.4, -0.2) is 0 Å². The summed E-state index contributed by atoms with van der Waals surface area (Å²) in [5, 5.41) is 0. The molecular formula is C12H20. The van der Waals surface area contributed by atoms with E-state index in [4.69, 9.17) is 0 Å². The van der Waals surface area contributed by atoms with Gasteiger partial charge in [-0.3, -0.25) is 0 Å². The first-order valence-electron chi connectivity index (χ1n) is 5.23. The summed E-state index contributed by atoms with van der Waals surface area (Å²) in [5.74, 6) is 0.773. The first-order chi connectivity index (χ1) is 5.83. The van der Waals surface area contributed by atoms with E-state index in [1.165, 1.54) is 25.7 Å². The molecule has 0 heterocycles. The van der Waals surface area contributed by atoms with Crippen molar-refractivity contribution in [2.45, 2.75) is 46.5 Å². The van der Waals surface area contributed by atoms with E-state index in [-0.39, 0.29) is 0 Å². The van der Waals surface area contributed by atoms with Gasteiger partial charge in [-0.2, -0.15) is 0 Å². The van der Waals surface area contributed by atoms with Gasteiger partial charge >= 0.3 is 0 Å². The topological polar surface area (TPSA) is 0 Å². The van der Waals surface area contributed by atoms with Crippen molar-refractivity contribution in [2.75, 3.05) is 0 Å². The molecule has 12 heavy (non-hydrogen) atoms. The van der Waals surface area contributed by atoms with Crippen LogP contribution in [0, 0.1) is 5.92 Å². The van der Waals surface area contributed by atoms with Gasteiger partial charge in [-0.05, 0) is 30.8 Å². The van der Waals surface area contributed by atoms with Crippen molar-refractivity contribution in [1.82, 2.24) is 0 Å². The van der Waals surface area contributed by atoms with Gasteiger partial charge in [0.15, 0.2) is 0 Å². The summed E-state index contributed by atoms with van der Waals surface area (Å²) >= 11 is 0. The van der Waals surface area contributed by atoms with E-state index in [0.717, 1.165) is 5.92 Å². The molecule has 0 heteroatoms. The Morgan fingerprint density at radius 3 is 2.42 bits per heavy atom. The summed E-state index contributed by atoms with van der Waals surface area (Å²) in [6.07, 6.45) is 9.81. The maximum absolute atomic E-state index is 2.39. The Balaban J connectivity index is 2.69. The molecule has 0 fully saturated rings. The van der Waals surface area contributed by atoms with Crippen LogP contribution in [0.3, 0.4) is 0 Å². The molecule has 0 aromatic heterocycles. The SMILES string of the molecule is CCCC1C=CC(CC)=C1CC. The van der Waals surface area contributed by atoms with Crippen LogP contribution >= 0.6 is 0 Å². The van der Waals surface area contributed by atoms with Gasteiger partial charge in [0, 0.05) is 0 Å². The Kier molecular flexibility index (Phi) is 3.58. The number of hydrogen-bond donors (Lipinski definition) is 0. The Labute approximate surface area is 76.4 Å². The zero-order valence-corrected chi connectivity index (χ0v) is 8.56. The zero-order valence-electron chi connectivity index (χ0n) is 8.56. The van der Waals surface area contributed by atoms with Gasteiger partial charge in [-0.25, -0.2) is 0 Å². The molecular weight excluding hydrogens is 144 g/mol. The molecule has 0 bridgehead atoms. The molecule has 0 amide bonds. The van der Waals surface area contributed by atoms with Crippen molar-refractivity contribution >= 4 is 0 Å². The average Bonchev–Trinajstić information content (AvgIpc) is 2.47. The smallest absolute Gasteiger partial charge is 0.00144 e. The molecule has 1 atom stereocenters. The molecule has 0 N–H and O–H groups in total. The molecule has 1 aliphatic rings. The van der Waals surface area contributed by atoms with Gasteiger partial charge in [0.1, 0.15) is 0 Å². The lowest BCUT2D eigenvalue weighted by molar-refractivity contribution is 0.644. The summed E-state index contributed by atoms with van der Waals surface area (Å²) in [4.78, 5) is 0. The van der Waals surface area contributed by atoms with Crippen LogP contribution < -0.4 is 0 Å². The first kappa shape index (κ1) is 9.57. The molecule has 1 aliphatic carbocycles. The maximum Gasteiger partial charge on any atom is -0.00144 e. The minimum atomic E-state index is 0.773. The standard InChI is InChI=1S/C12H20/c1-4-7-11-9-8-10(5-2)12(11)6-3/h8-9,11H,4-7H2,1-3H3. The van der Waals surface area contributed by atoms with E-state index < -0.39 is 0 Å².